The number of ether oxygens (including phenoxy) is 1. The Morgan fingerprint density at radius 1 is 1.00 bits per heavy atom. The molecule has 0 spiro atoms. The van der Waals surface area contributed by atoms with Gasteiger partial charge in [0.05, 0.1) is 0 Å². The van der Waals surface area contributed by atoms with Gasteiger partial charge in [-0.2, -0.15) is 0 Å². The van der Waals surface area contributed by atoms with Gasteiger partial charge in [-0.3, -0.25) is 0 Å². The van der Waals surface area contributed by atoms with Gasteiger partial charge in [-0.1, -0.05) is 26.0 Å². The highest BCUT2D eigenvalue weighted by atomic mass is 16.5. The normalized spacial score (nSPS) is 12.8. The third kappa shape index (κ3) is 5.54. The summed E-state index contributed by atoms with van der Waals surface area (Å²) in [6.07, 6.45) is 2.52. The lowest BCUT2D eigenvalue weighted by Crippen LogP contribution is -2.30. The average Bonchev–Trinajstić information content (AvgIpc) is 2.40. The first-order chi connectivity index (χ1) is 9.41. The standard InChI is InChI=1S/C18H31NO/c1-13(2)7-10-16(5)19-11-12-20-18-15(4)9-8-14(3)17(18)6/h8-9,13,16,19H,7,10-12H2,1-6H3. The van der Waals surface area contributed by atoms with Crippen molar-refractivity contribution in [3.63, 3.8) is 0 Å². The number of hydrogen-bond donors (Lipinski definition) is 1. The van der Waals surface area contributed by atoms with Crippen molar-refractivity contribution >= 4 is 0 Å². The monoisotopic (exact) mass is 277 g/mol. The van der Waals surface area contributed by atoms with Crippen molar-refractivity contribution in [2.24, 2.45) is 5.92 Å². The highest BCUT2D eigenvalue weighted by Crippen LogP contribution is 2.25. The number of rotatable bonds is 8. The van der Waals surface area contributed by atoms with E-state index in [9.17, 15) is 0 Å². The van der Waals surface area contributed by atoms with Crippen molar-refractivity contribution in [3.05, 3.63) is 28.8 Å². The van der Waals surface area contributed by atoms with Crippen molar-refractivity contribution in [2.45, 2.75) is 60.4 Å². The lowest BCUT2D eigenvalue weighted by atomic mass is 10.0. The summed E-state index contributed by atoms with van der Waals surface area (Å²) in [5.74, 6) is 1.84. The molecule has 1 aromatic carbocycles. The fourth-order valence-corrected chi connectivity index (χ4v) is 2.29. The summed E-state index contributed by atoms with van der Waals surface area (Å²) in [6.45, 7) is 14.8. The summed E-state index contributed by atoms with van der Waals surface area (Å²) in [5.41, 5.74) is 3.78. The highest BCUT2D eigenvalue weighted by molar-refractivity contribution is 5.44. The minimum absolute atomic E-state index is 0.570. The van der Waals surface area contributed by atoms with E-state index in [1.807, 2.05) is 0 Å². The molecule has 1 aromatic rings. The minimum atomic E-state index is 0.570. The van der Waals surface area contributed by atoms with Crippen LogP contribution >= 0.6 is 0 Å². The van der Waals surface area contributed by atoms with Gasteiger partial charge in [0.15, 0.2) is 0 Å². The summed E-state index contributed by atoms with van der Waals surface area (Å²) in [5, 5.41) is 3.54. The largest absolute Gasteiger partial charge is 0.492 e. The van der Waals surface area contributed by atoms with Crippen LogP contribution in [0.4, 0.5) is 0 Å². The molecular formula is C18H31NO. The molecule has 0 fully saturated rings. The van der Waals surface area contributed by atoms with E-state index in [4.69, 9.17) is 4.74 Å². The Labute approximate surface area is 124 Å². The second-order valence-electron chi connectivity index (χ2n) is 6.33. The van der Waals surface area contributed by atoms with Crippen LogP contribution in [-0.2, 0) is 0 Å². The molecule has 0 amide bonds. The Morgan fingerprint density at radius 2 is 1.65 bits per heavy atom. The smallest absolute Gasteiger partial charge is 0.125 e. The molecule has 0 aliphatic heterocycles. The predicted molar refractivity (Wildman–Crippen MR) is 87.7 cm³/mol. The van der Waals surface area contributed by atoms with Crippen LogP contribution in [0.15, 0.2) is 12.1 Å². The van der Waals surface area contributed by atoms with Crippen molar-refractivity contribution in [1.82, 2.24) is 5.32 Å². The molecule has 0 heterocycles. The first-order valence-corrected chi connectivity index (χ1v) is 7.84. The minimum Gasteiger partial charge on any atom is -0.492 e. The van der Waals surface area contributed by atoms with Crippen LogP contribution < -0.4 is 10.1 Å². The topological polar surface area (TPSA) is 21.3 Å². The van der Waals surface area contributed by atoms with Crippen molar-refractivity contribution in [3.8, 4) is 5.75 Å². The maximum absolute atomic E-state index is 5.96. The number of hydrogen-bond acceptors (Lipinski definition) is 2. The van der Waals surface area contributed by atoms with Gasteiger partial charge >= 0.3 is 0 Å². The number of aryl methyl sites for hydroxylation is 2. The second kappa shape index (κ2) is 8.31. The van der Waals surface area contributed by atoms with Gasteiger partial charge in [-0.25, -0.2) is 0 Å². The van der Waals surface area contributed by atoms with Gasteiger partial charge in [-0.05, 0) is 63.1 Å². The van der Waals surface area contributed by atoms with Crippen LogP contribution in [0.1, 0.15) is 50.3 Å². The fraction of sp³-hybridized carbons (Fsp3) is 0.667. The van der Waals surface area contributed by atoms with E-state index in [1.165, 1.54) is 29.5 Å². The summed E-state index contributed by atoms with van der Waals surface area (Å²) < 4.78 is 5.96. The molecule has 1 N–H and O–H groups in total. The molecule has 0 aromatic heterocycles. The van der Waals surface area contributed by atoms with Gasteiger partial charge < -0.3 is 10.1 Å². The molecule has 0 aliphatic carbocycles. The summed E-state index contributed by atoms with van der Waals surface area (Å²) >= 11 is 0. The first-order valence-electron chi connectivity index (χ1n) is 7.84. The van der Waals surface area contributed by atoms with Crippen LogP contribution in [0, 0.1) is 26.7 Å². The summed E-state index contributed by atoms with van der Waals surface area (Å²) in [4.78, 5) is 0. The van der Waals surface area contributed by atoms with Gasteiger partial charge in [0, 0.05) is 12.6 Å². The summed E-state index contributed by atoms with van der Waals surface area (Å²) in [6, 6.07) is 4.86. The molecule has 0 saturated carbocycles. The van der Waals surface area contributed by atoms with Gasteiger partial charge in [0.1, 0.15) is 12.4 Å². The molecular weight excluding hydrogens is 246 g/mol. The van der Waals surface area contributed by atoms with E-state index in [-0.39, 0.29) is 0 Å². The maximum atomic E-state index is 5.96. The van der Waals surface area contributed by atoms with E-state index in [0.29, 0.717) is 6.04 Å². The first kappa shape index (κ1) is 17.0. The van der Waals surface area contributed by atoms with Crippen LogP contribution in [0.2, 0.25) is 0 Å². The molecule has 1 rings (SSSR count). The van der Waals surface area contributed by atoms with Crippen LogP contribution in [0.5, 0.6) is 5.75 Å². The molecule has 0 bridgehead atoms. The molecule has 20 heavy (non-hydrogen) atoms. The van der Waals surface area contributed by atoms with E-state index < -0.39 is 0 Å². The van der Waals surface area contributed by atoms with Crippen LogP contribution in [0.25, 0.3) is 0 Å². The zero-order valence-electron chi connectivity index (χ0n) is 14.0. The molecule has 114 valence electrons. The van der Waals surface area contributed by atoms with Gasteiger partial charge in [-0.15, -0.1) is 0 Å². The zero-order chi connectivity index (χ0) is 15.1. The molecule has 0 saturated heterocycles. The SMILES string of the molecule is Cc1ccc(C)c(OCCNC(C)CCC(C)C)c1C. The molecule has 2 nitrogen and oxygen atoms in total. The second-order valence-corrected chi connectivity index (χ2v) is 6.33. The Morgan fingerprint density at radius 3 is 2.30 bits per heavy atom. The van der Waals surface area contributed by atoms with Crippen molar-refractivity contribution in [1.29, 1.82) is 0 Å². The van der Waals surface area contributed by atoms with E-state index in [1.54, 1.807) is 0 Å². The molecule has 0 radical (unpaired) electrons. The van der Waals surface area contributed by atoms with Crippen LogP contribution in [-0.4, -0.2) is 19.2 Å². The van der Waals surface area contributed by atoms with E-state index >= 15 is 0 Å². The van der Waals surface area contributed by atoms with Gasteiger partial charge in [0.2, 0.25) is 0 Å². The Bertz CT molecular complexity index is 412. The zero-order valence-corrected chi connectivity index (χ0v) is 14.0. The quantitative estimate of drug-likeness (QED) is 0.711. The fourth-order valence-electron chi connectivity index (χ4n) is 2.29. The Hall–Kier alpha value is -1.02. The molecule has 1 unspecified atom stereocenters. The predicted octanol–water partition coefficient (Wildman–Crippen LogP) is 4.40. The molecule has 2 heteroatoms. The Balaban J connectivity index is 2.33. The lowest BCUT2D eigenvalue weighted by Gasteiger charge is -2.17. The third-order valence-electron chi connectivity index (χ3n) is 3.89. The third-order valence-corrected chi connectivity index (χ3v) is 3.89. The maximum Gasteiger partial charge on any atom is 0.125 e. The summed E-state index contributed by atoms with van der Waals surface area (Å²) in [7, 11) is 0. The van der Waals surface area contributed by atoms with Crippen molar-refractivity contribution < 1.29 is 4.74 Å². The Kier molecular flexibility index (Phi) is 7.08. The van der Waals surface area contributed by atoms with Crippen molar-refractivity contribution in [2.75, 3.05) is 13.2 Å². The highest BCUT2D eigenvalue weighted by Gasteiger charge is 2.07. The van der Waals surface area contributed by atoms with Gasteiger partial charge in [0.25, 0.3) is 0 Å². The lowest BCUT2D eigenvalue weighted by molar-refractivity contribution is 0.299. The van der Waals surface area contributed by atoms with Crippen LogP contribution in [0.3, 0.4) is 0 Å². The number of benzene rings is 1. The average molecular weight is 277 g/mol. The molecule has 1 atom stereocenters. The van der Waals surface area contributed by atoms with E-state index in [2.05, 4.69) is 59.0 Å². The van der Waals surface area contributed by atoms with E-state index in [0.717, 1.165) is 24.8 Å². The number of nitrogens with one attached hydrogen (secondary N) is 1. The molecule has 0 aliphatic rings.